The second-order valence-corrected chi connectivity index (χ2v) is 7.87. The van der Waals surface area contributed by atoms with Crippen molar-refractivity contribution in [3.63, 3.8) is 0 Å². The summed E-state index contributed by atoms with van der Waals surface area (Å²) in [4.78, 5) is 13.5. The molecular formula is C21H27ClIN7O2. The zero-order valence-electron chi connectivity index (χ0n) is 18.1. The first-order valence-corrected chi connectivity index (χ1v) is 10.7. The molecule has 1 aliphatic heterocycles. The molecule has 0 aliphatic carbocycles. The number of hydrogen-bond donors (Lipinski definition) is 1. The summed E-state index contributed by atoms with van der Waals surface area (Å²) in [5.41, 5.74) is 1.85. The van der Waals surface area contributed by atoms with Crippen molar-refractivity contribution in [2.75, 3.05) is 39.8 Å². The van der Waals surface area contributed by atoms with Gasteiger partial charge in [0.2, 0.25) is 11.7 Å². The Labute approximate surface area is 209 Å². The number of aliphatic imine (C=N–C) groups is 1. The molecule has 4 rings (SSSR count). The number of hydrogen-bond acceptors (Lipinski definition) is 7. The molecule has 1 aliphatic rings. The van der Waals surface area contributed by atoms with Crippen molar-refractivity contribution < 1.29 is 9.05 Å². The predicted molar refractivity (Wildman–Crippen MR) is 133 cm³/mol. The number of guanidine groups is 1. The number of rotatable bonds is 6. The van der Waals surface area contributed by atoms with Gasteiger partial charge in [0.15, 0.2) is 5.96 Å². The third-order valence-corrected chi connectivity index (χ3v) is 5.39. The van der Waals surface area contributed by atoms with Crippen LogP contribution < -0.4 is 5.32 Å². The highest BCUT2D eigenvalue weighted by atomic mass is 127. The molecule has 1 aromatic carbocycles. The summed E-state index contributed by atoms with van der Waals surface area (Å²) < 4.78 is 10.5. The zero-order valence-corrected chi connectivity index (χ0v) is 21.2. The number of benzene rings is 1. The van der Waals surface area contributed by atoms with Gasteiger partial charge in [0.1, 0.15) is 5.76 Å². The summed E-state index contributed by atoms with van der Waals surface area (Å²) in [6.07, 6.45) is 0.616. The molecule has 0 unspecified atom stereocenters. The molecule has 1 N–H and O–H groups in total. The Morgan fingerprint density at radius 1 is 1.12 bits per heavy atom. The van der Waals surface area contributed by atoms with E-state index in [2.05, 4.69) is 35.4 Å². The molecule has 0 atom stereocenters. The summed E-state index contributed by atoms with van der Waals surface area (Å²) in [5, 5.41) is 12.2. The van der Waals surface area contributed by atoms with Crippen molar-refractivity contribution in [3.05, 3.63) is 52.7 Å². The zero-order chi connectivity index (χ0) is 21.6. The Morgan fingerprint density at radius 3 is 2.53 bits per heavy atom. The van der Waals surface area contributed by atoms with Crippen molar-refractivity contribution in [2.24, 2.45) is 4.99 Å². The number of nitrogens with zero attached hydrogens (tertiary/aromatic N) is 6. The fraction of sp³-hybridized carbons (Fsp3) is 0.429. The van der Waals surface area contributed by atoms with Crippen LogP contribution in [-0.4, -0.2) is 70.8 Å². The SMILES string of the molecule is CN=C(NCCc1nc(-c2ccc(Cl)cc2)no1)N1CCN(Cc2cc(C)on2)CC1.I. The van der Waals surface area contributed by atoms with Gasteiger partial charge >= 0.3 is 0 Å². The van der Waals surface area contributed by atoms with Crippen LogP contribution in [0.1, 0.15) is 17.3 Å². The van der Waals surface area contributed by atoms with Gasteiger partial charge in [-0.25, -0.2) is 0 Å². The van der Waals surface area contributed by atoms with Crippen molar-refractivity contribution >= 4 is 41.5 Å². The van der Waals surface area contributed by atoms with Crippen molar-refractivity contribution in [3.8, 4) is 11.4 Å². The van der Waals surface area contributed by atoms with E-state index in [-0.39, 0.29) is 24.0 Å². The first-order valence-electron chi connectivity index (χ1n) is 10.3. The van der Waals surface area contributed by atoms with Crippen LogP contribution in [0.15, 0.2) is 44.4 Å². The van der Waals surface area contributed by atoms with Crippen molar-refractivity contribution in [2.45, 2.75) is 19.9 Å². The van der Waals surface area contributed by atoms with Crippen molar-refractivity contribution in [1.29, 1.82) is 0 Å². The number of aromatic nitrogens is 3. The van der Waals surface area contributed by atoms with Crippen LogP contribution in [0.2, 0.25) is 5.02 Å². The minimum absolute atomic E-state index is 0. The largest absolute Gasteiger partial charge is 0.361 e. The molecule has 3 aromatic rings. The molecule has 0 amide bonds. The molecule has 3 heterocycles. The van der Waals surface area contributed by atoms with E-state index in [1.807, 2.05) is 37.3 Å². The average Bonchev–Trinajstić information content (AvgIpc) is 3.41. The highest BCUT2D eigenvalue weighted by Crippen LogP contribution is 2.18. The van der Waals surface area contributed by atoms with E-state index in [1.54, 1.807) is 7.05 Å². The Morgan fingerprint density at radius 2 is 1.88 bits per heavy atom. The molecule has 11 heteroatoms. The molecule has 1 saturated heterocycles. The number of nitrogens with one attached hydrogen (secondary N) is 1. The smallest absolute Gasteiger partial charge is 0.228 e. The monoisotopic (exact) mass is 571 g/mol. The highest BCUT2D eigenvalue weighted by Gasteiger charge is 2.20. The van der Waals surface area contributed by atoms with Gasteiger partial charge in [-0.15, -0.1) is 24.0 Å². The molecule has 1 fully saturated rings. The minimum atomic E-state index is 0. The summed E-state index contributed by atoms with van der Waals surface area (Å²) in [7, 11) is 1.80. The maximum Gasteiger partial charge on any atom is 0.228 e. The fourth-order valence-corrected chi connectivity index (χ4v) is 3.65. The molecular weight excluding hydrogens is 545 g/mol. The van der Waals surface area contributed by atoms with Crippen molar-refractivity contribution in [1.82, 2.24) is 30.4 Å². The van der Waals surface area contributed by atoms with Gasteiger partial charge in [0.25, 0.3) is 0 Å². The lowest BCUT2D eigenvalue weighted by molar-refractivity contribution is 0.169. The number of aryl methyl sites for hydroxylation is 1. The van der Waals surface area contributed by atoms with Crippen LogP contribution in [0.25, 0.3) is 11.4 Å². The molecule has 0 spiro atoms. The first kappa shape index (κ1) is 24.5. The van der Waals surface area contributed by atoms with E-state index in [0.717, 1.165) is 55.7 Å². The molecule has 2 aromatic heterocycles. The molecule has 0 saturated carbocycles. The van der Waals surface area contributed by atoms with Crippen LogP contribution in [0.4, 0.5) is 0 Å². The van der Waals surface area contributed by atoms with Crippen LogP contribution >= 0.6 is 35.6 Å². The standard InChI is InChI=1S/C21H26ClN7O2.HI/c1-15-13-18(26-30-15)14-28-9-11-29(12-10-28)21(23-2)24-8-7-19-25-20(27-31-19)16-3-5-17(22)6-4-16;/h3-6,13H,7-12,14H2,1-2H3,(H,23,24);1H. The Balaban J connectivity index is 0.00000289. The van der Waals surface area contributed by atoms with Crippen LogP contribution in [0, 0.1) is 6.92 Å². The lowest BCUT2D eigenvalue weighted by Crippen LogP contribution is -2.52. The van der Waals surface area contributed by atoms with E-state index < -0.39 is 0 Å². The molecule has 0 radical (unpaired) electrons. The summed E-state index contributed by atoms with van der Waals surface area (Å²) in [5.74, 6) is 2.88. The van der Waals surface area contributed by atoms with Gasteiger partial charge < -0.3 is 19.3 Å². The lowest BCUT2D eigenvalue weighted by atomic mass is 10.2. The van der Waals surface area contributed by atoms with Gasteiger partial charge in [-0.1, -0.05) is 21.9 Å². The second kappa shape index (κ2) is 11.6. The third kappa shape index (κ3) is 6.42. The Bertz CT molecular complexity index is 1010. The van der Waals surface area contributed by atoms with E-state index in [0.29, 0.717) is 29.7 Å². The summed E-state index contributed by atoms with van der Waals surface area (Å²) in [6.45, 7) is 7.07. The maximum absolute atomic E-state index is 5.93. The van der Waals surface area contributed by atoms with Crippen LogP contribution in [0.3, 0.4) is 0 Å². The molecule has 172 valence electrons. The summed E-state index contributed by atoms with van der Waals surface area (Å²) >= 11 is 5.93. The number of halogens is 2. The minimum Gasteiger partial charge on any atom is -0.361 e. The Hall–Kier alpha value is -2.18. The van der Waals surface area contributed by atoms with Gasteiger partial charge in [-0.3, -0.25) is 9.89 Å². The van der Waals surface area contributed by atoms with Gasteiger partial charge in [0, 0.05) is 69.4 Å². The van der Waals surface area contributed by atoms with E-state index >= 15 is 0 Å². The third-order valence-electron chi connectivity index (χ3n) is 5.14. The quantitative estimate of drug-likeness (QED) is 0.274. The maximum atomic E-state index is 5.93. The predicted octanol–water partition coefficient (Wildman–Crippen LogP) is 3.24. The van der Waals surface area contributed by atoms with Crippen LogP contribution in [0.5, 0.6) is 0 Å². The Kier molecular flexibility index (Phi) is 8.88. The lowest BCUT2D eigenvalue weighted by Gasteiger charge is -2.36. The van der Waals surface area contributed by atoms with Gasteiger partial charge in [0.05, 0.1) is 5.69 Å². The first-order chi connectivity index (χ1) is 15.1. The highest BCUT2D eigenvalue weighted by molar-refractivity contribution is 14.0. The van der Waals surface area contributed by atoms with E-state index in [1.165, 1.54) is 0 Å². The number of piperazine rings is 1. The molecule has 0 bridgehead atoms. The average molecular weight is 572 g/mol. The molecule has 9 nitrogen and oxygen atoms in total. The van der Waals surface area contributed by atoms with E-state index in [9.17, 15) is 0 Å². The molecule has 32 heavy (non-hydrogen) atoms. The second-order valence-electron chi connectivity index (χ2n) is 7.43. The van der Waals surface area contributed by atoms with Gasteiger partial charge in [-0.05, 0) is 31.2 Å². The summed E-state index contributed by atoms with van der Waals surface area (Å²) in [6, 6.07) is 9.36. The van der Waals surface area contributed by atoms with Crippen LogP contribution in [-0.2, 0) is 13.0 Å². The normalized spacial score (nSPS) is 15.0. The fourth-order valence-electron chi connectivity index (χ4n) is 3.53. The topological polar surface area (TPSA) is 95.8 Å². The van der Waals surface area contributed by atoms with Gasteiger partial charge in [-0.2, -0.15) is 4.98 Å². The van der Waals surface area contributed by atoms with E-state index in [4.69, 9.17) is 20.6 Å².